The van der Waals surface area contributed by atoms with Crippen molar-refractivity contribution < 1.29 is 9.53 Å². The average molecular weight is 324 g/mol. The van der Waals surface area contributed by atoms with Crippen molar-refractivity contribution in [2.45, 2.75) is 19.4 Å². The third-order valence-corrected chi connectivity index (χ3v) is 4.28. The quantitative estimate of drug-likeness (QED) is 0.919. The maximum Gasteiger partial charge on any atom is 0.260 e. The van der Waals surface area contributed by atoms with Crippen LogP contribution in [0.3, 0.4) is 0 Å². The lowest BCUT2D eigenvalue weighted by atomic mass is 10.0. The number of nitrogens with one attached hydrogen (secondary N) is 1. The summed E-state index contributed by atoms with van der Waals surface area (Å²) in [5, 5.41) is 3.34. The van der Waals surface area contributed by atoms with E-state index in [0.29, 0.717) is 6.04 Å². The largest absolute Gasteiger partial charge is 0.483 e. The number of amides is 1. The Hall–Kier alpha value is -2.33. The van der Waals surface area contributed by atoms with Crippen LogP contribution in [0.1, 0.15) is 18.1 Å². The van der Waals surface area contributed by atoms with Crippen molar-refractivity contribution in [1.29, 1.82) is 0 Å². The summed E-state index contributed by atoms with van der Waals surface area (Å²) in [6.07, 6.45) is 0.801. The number of piperazine rings is 1. The number of carbonyl (C=O) groups excluding carboxylic acids is 1. The molecule has 4 heteroatoms. The predicted octanol–water partition coefficient (Wildman–Crippen LogP) is 2.48. The normalized spacial score (nSPS) is 17.5. The van der Waals surface area contributed by atoms with Crippen LogP contribution in [0.5, 0.6) is 5.75 Å². The Kier molecular flexibility index (Phi) is 5.49. The Morgan fingerprint density at radius 1 is 1.17 bits per heavy atom. The van der Waals surface area contributed by atoms with Crippen LogP contribution >= 0.6 is 0 Å². The van der Waals surface area contributed by atoms with Crippen LogP contribution in [-0.2, 0) is 11.2 Å². The van der Waals surface area contributed by atoms with Gasteiger partial charge in [0.25, 0.3) is 5.91 Å². The Morgan fingerprint density at radius 2 is 1.92 bits per heavy atom. The number of rotatable bonds is 5. The molecule has 1 saturated heterocycles. The Labute approximate surface area is 143 Å². The van der Waals surface area contributed by atoms with Crippen molar-refractivity contribution in [2.75, 3.05) is 26.2 Å². The fourth-order valence-electron chi connectivity index (χ4n) is 3.00. The van der Waals surface area contributed by atoms with E-state index in [0.717, 1.165) is 37.4 Å². The third-order valence-electron chi connectivity index (χ3n) is 4.28. The molecule has 1 atom stereocenters. The van der Waals surface area contributed by atoms with Crippen LogP contribution < -0.4 is 10.1 Å². The highest BCUT2D eigenvalue weighted by atomic mass is 16.5. The molecule has 24 heavy (non-hydrogen) atoms. The summed E-state index contributed by atoms with van der Waals surface area (Å²) in [4.78, 5) is 14.2. The van der Waals surface area contributed by atoms with Gasteiger partial charge in [-0.3, -0.25) is 4.79 Å². The summed E-state index contributed by atoms with van der Waals surface area (Å²) < 4.78 is 5.85. The molecular weight excluding hydrogens is 300 g/mol. The molecule has 0 aromatic heterocycles. The van der Waals surface area contributed by atoms with E-state index in [1.807, 2.05) is 41.3 Å². The molecule has 0 radical (unpaired) electrons. The fraction of sp³-hybridized carbons (Fsp3) is 0.350. The van der Waals surface area contributed by atoms with Crippen LogP contribution in [0.25, 0.3) is 0 Å². The highest BCUT2D eigenvalue weighted by Crippen LogP contribution is 2.21. The highest BCUT2D eigenvalue weighted by molar-refractivity contribution is 5.78. The maximum atomic E-state index is 12.4. The molecule has 1 aliphatic rings. The molecule has 2 aromatic rings. The van der Waals surface area contributed by atoms with Gasteiger partial charge in [-0.2, -0.15) is 0 Å². The second kappa shape index (κ2) is 7.97. The molecule has 0 spiro atoms. The van der Waals surface area contributed by atoms with Crippen LogP contribution in [0, 0.1) is 0 Å². The molecule has 2 aromatic carbocycles. The molecule has 1 N–H and O–H groups in total. The molecule has 3 rings (SSSR count). The van der Waals surface area contributed by atoms with Crippen molar-refractivity contribution in [3.63, 3.8) is 0 Å². The summed E-state index contributed by atoms with van der Waals surface area (Å²) >= 11 is 0. The van der Waals surface area contributed by atoms with Gasteiger partial charge in [0.05, 0.1) is 0 Å². The average Bonchev–Trinajstić information content (AvgIpc) is 2.61. The lowest BCUT2D eigenvalue weighted by molar-refractivity contribution is -0.134. The summed E-state index contributed by atoms with van der Waals surface area (Å²) in [7, 11) is 0. The van der Waals surface area contributed by atoms with Gasteiger partial charge in [-0.15, -0.1) is 0 Å². The van der Waals surface area contributed by atoms with Gasteiger partial charge >= 0.3 is 0 Å². The van der Waals surface area contributed by atoms with Gasteiger partial charge in [0.1, 0.15) is 5.75 Å². The minimum absolute atomic E-state index is 0.0536. The fourth-order valence-corrected chi connectivity index (χ4v) is 3.00. The molecule has 0 aliphatic carbocycles. The van der Waals surface area contributed by atoms with E-state index in [4.69, 9.17) is 4.74 Å². The third kappa shape index (κ3) is 4.36. The van der Waals surface area contributed by atoms with Gasteiger partial charge in [-0.25, -0.2) is 0 Å². The van der Waals surface area contributed by atoms with Crippen LogP contribution in [-0.4, -0.2) is 43.1 Å². The smallest absolute Gasteiger partial charge is 0.260 e. The first-order valence-corrected chi connectivity index (χ1v) is 8.48. The zero-order valence-electron chi connectivity index (χ0n) is 14.1. The lowest BCUT2D eigenvalue weighted by Gasteiger charge is -2.31. The molecule has 126 valence electrons. The van der Waals surface area contributed by atoms with Gasteiger partial charge in [0.2, 0.25) is 0 Å². The maximum absolute atomic E-state index is 12.4. The number of hydrogen-bond donors (Lipinski definition) is 1. The van der Waals surface area contributed by atoms with E-state index in [1.54, 1.807) is 0 Å². The standard InChI is InChI=1S/C20H24N2O2/c1-16-14-22(12-11-21-16)20(23)15-24-19-10-6-5-9-18(19)13-17-7-3-2-4-8-17/h2-10,16,21H,11-15H2,1H3. The molecule has 1 unspecified atom stereocenters. The van der Waals surface area contributed by atoms with Gasteiger partial charge in [0, 0.05) is 32.1 Å². The number of hydrogen-bond acceptors (Lipinski definition) is 3. The molecule has 4 nitrogen and oxygen atoms in total. The van der Waals surface area contributed by atoms with Gasteiger partial charge < -0.3 is 15.0 Å². The molecule has 1 amide bonds. The zero-order valence-corrected chi connectivity index (χ0v) is 14.1. The molecular formula is C20H24N2O2. The van der Waals surface area contributed by atoms with Crippen molar-refractivity contribution in [3.05, 3.63) is 65.7 Å². The van der Waals surface area contributed by atoms with Crippen LogP contribution in [0.15, 0.2) is 54.6 Å². The summed E-state index contributed by atoms with van der Waals surface area (Å²) in [6.45, 7) is 4.53. The summed E-state index contributed by atoms with van der Waals surface area (Å²) in [6, 6.07) is 18.6. The number of para-hydroxylation sites is 1. The molecule has 0 saturated carbocycles. The molecule has 1 aliphatic heterocycles. The number of benzene rings is 2. The van der Waals surface area contributed by atoms with E-state index in [9.17, 15) is 4.79 Å². The lowest BCUT2D eigenvalue weighted by Crippen LogP contribution is -2.52. The molecule has 1 fully saturated rings. The predicted molar refractivity (Wildman–Crippen MR) is 95.2 cm³/mol. The zero-order chi connectivity index (χ0) is 16.8. The minimum Gasteiger partial charge on any atom is -0.483 e. The van der Waals surface area contributed by atoms with Gasteiger partial charge in [0.15, 0.2) is 6.61 Å². The van der Waals surface area contributed by atoms with Crippen molar-refractivity contribution in [3.8, 4) is 5.75 Å². The first kappa shape index (κ1) is 16.5. The highest BCUT2D eigenvalue weighted by Gasteiger charge is 2.20. The van der Waals surface area contributed by atoms with E-state index < -0.39 is 0 Å². The second-order valence-electron chi connectivity index (χ2n) is 6.25. The summed E-state index contributed by atoms with van der Waals surface area (Å²) in [5.74, 6) is 0.843. The van der Waals surface area contributed by atoms with E-state index in [-0.39, 0.29) is 12.5 Å². The van der Waals surface area contributed by atoms with Crippen molar-refractivity contribution >= 4 is 5.91 Å². The van der Waals surface area contributed by atoms with Crippen molar-refractivity contribution in [2.24, 2.45) is 0 Å². The second-order valence-corrected chi connectivity index (χ2v) is 6.25. The minimum atomic E-state index is 0.0536. The number of nitrogens with zero attached hydrogens (tertiary/aromatic N) is 1. The Balaban J connectivity index is 1.62. The van der Waals surface area contributed by atoms with E-state index in [2.05, 4.69) is 30.4 Å². The number of ether oxygens (including phenoxy) is 1. The monoisotopic (exact) mass is 324 g/mol. The first-order valence-electron chi connectivity index (χ1n) is 8.48. The Bertz CT molecular complexity index is 672. The van der Waals surface area contributed by atoms with Gasteiger partial charge in [-0.1, -0.05) is 48.5 Å². The molecule has 0 bridgehead atoms. The van der Waals surface area contributed by atoms with Crippen molar-refractivity contribution in [1.82, 2.24) is 10.2 Å². The van der Waals surface area contributed by atoms with E-state index in [1.165, 1.54) is 5.56 Å². The van der Waals surface area contributed by atoms with E-state index >= 15 is 0 Å². The van der Waals surface area contributed by atoms with Crippen LogP contribution in [0.4, 0.5) is 0 Å². The summed E-state index contributed by atoms with van der Waals surface area (Å²) in [5.41, 5.74) is 2.33. The molecule has 1 heterocycles. The number of carbonyl (C=O) groups is 1. The topological polar surface area (TPSA) is 41.6 Å². The Morgan fingerprint density at radius 3 is 2.71 bits per heavy atom. The van der Waals surface area contributed by atoms with Crippen LogP contribution in [0.2, 0.25) is 0 Å². The SMILES string of the molecule is CC1CN(C(=O)COc2ccccc2Cc2ccccc2)CCN1. The first-order chi connectivity index (χ1) is 11.7. The van der Waals surface area contributed by atoms with Gasteiger partial charge in [-0.05, 0) is 24.1 Å².